The number of ether oxygens (including phenoxy) is 1. The molecule has 0 saturated carbocycles. The van der Waals surface area contributed by atoms with Crippen molar-refractivity contribution in [3.05, 3.63) is 53.9 Å². The highest BCUT2D eigenvalue weighted by Gasteiger charge is 2.08. The normalized spacial score (nSPS) is 9.91. The van der Waals surface area contributed by atoms with E-state index >= 15 is 0 Å². The van der Waals surface area contributed by atoms with Gasteiger partial charge in [-0.05, 0) is 36.8 Å². The summed E-state index contributed by atoms with van der Waals surface area (Å²) < 4.78 is 4.97. The molecule has 0 atom stereocenters. The summed E-state index contributed by atoms with van der Waals surface area (Å²) in [6, 6.07) is 12.2. The Morgan fingerprint density at radius 2 is 2.17 bits per heavy atom. The highest BCUT2D eigenvalue weighted by Crippen LogP contribution is 2.12. The molecule has 0 unspecified atom stereocenters. The van der Waals surface area contributed by atoms with E-state index in [1.165, 1.54) is 0 Å². The fraction of sp³-hybridized carbons (Fsp3) is 0.235. The van der Waals surface area contributed by atoms with Crippen LogP contribution in [-0.4, -0.2) is 31.2 Å². The van der Waals surface area contributed by atoms with Crippen molar-refractivity contribution >= 4 is 17.3 Å². The van der Waals surface area contributed by atoms with Crippen LogP contribution >= 0.6 is 0 Å². The molecule has 1 aromatic carbocycles. The molecular weight excluding hydrogens is 292 g/mol. The molecule has 1 heterocycles. The van der Waals surface area contributed by atoms with E-state index in [1.54, 1.807) is 49.7 Å². The minimum Gasteiger partial charge on any atom is -0.385 e. The number of aromatic nitrogens is 1. The fourth-order valence-electron chi connectivity index (χ4n) is 1.94. The first-order chi connectivity index (χ1) is 11.2. The van der Waals surface area contributed by atoms with Crippen LogP contribution in [0.4, 0.5) is 11.4 Å². The third-order valence-corrected chi connectivity index (χ3v) is 3.10. The van der Waals surface area contributed by atoms with Gasteiger partial charge in [0.25, 0.3) is 5.91 Å². The molecule has 1 amide bonds. The van der Waals surface area contributed by atoms with Crippen LogP contribution < -0.4 is 10.6 Å². The van der Waals surface area contributed by atoms with Crippen molar-refractivity contribution in [1.29, 1.82) is 5.26 Å². The average molecular weight is 310 g/mol. The van der Waals surface area contributed by atoms with Crippen molar-refractivity contribution in [2.75, 3.05) is 30.9 Å². The number of methoxy groups -OCH3 is 1. The van der Waals surface area contributed by atoms with Crippen molar-refractivity contribution in [2.24, 2.45) is 0 Å². The van der Waals surface area contributed by atoms with Crippen molar-refractivity contribution in [2.45, 2.75) is 6.42 Å². The van der Waals surface area contributed by atoms with Gasteiger partial charge in [-0.1, -0.05) is 6.07 Å². The number of amides is 1. The maximum Gasteiger partial charge on any atom is 0.274 e. The zero-order valence-electron chi connectivity index (χ0n) is 12.9. The Morgan fingerprint density at radius 3 is 2.87 bits per heavy atom. The van der Waals surface area contributed by atoms with Gasteiger partial charge in [0.1, 0.15) is 5.69 Å². The molecule has 0 fully saturated rings. The summed E-state index contributed by atoms with van der Waals surface area (Å²) in [4.78, 5) is 16.3. The number of nitriles is 1. The predicted molar refractivity (Wildman–Crippen MR) is 88.3 cm³/mol. The Labute approximate surface area is 135 Å². The van der Waals surface area contributed by atoms with Crippen molar-refractivity contribution < 1.29 is 9.53 Å². The van der Waals surface area contributed by atoms with Gasteiger partial charge in [-0.25, -0.2) is 4.98 Å². The topological polar surface area (TPSA) is 87.0 Å². The number of nitrogens with one attached hydrogen (secondary N) is 2. The lowest BCUT2D eigenvalue weighted by Crippen LogP contribution is -2.14. The minimum atomic E-state index is -0.314. The Kier molecular flexibility index (Phi) is 6.09. The summed E-state index contributed by atoms with van der Waals surface area (Å²) >= 11 is 0. The lowest BCUT2D eigenvalue weighted by Gasteiger charge is -2.07. The number of pyridine rings is 1. The van der Waals surface area contributed by atoms with Gasteiger partial charge in [-0.15, -0.1) is 0 Å². The number of rotatable bonds is 7. The lowest BCUT2D eigenvalue weighted by atomic mass is 10.2. The van der Waals surface area contributed by atoms with Crippen LogP contribution in [0.5, 0.6) is 0 Å². The molecule has 0 radical (unpaired) electrons. The number of carbonyl (C=O) groups is 1. The molecule has 0 aliphatic rings. The second kappa shape index (κ2) is 8.51. The lowest BCUT2D eigenvalue weighted by molar-refractivity contribution is 0.102. The molecule has 6 heteroatoms. The van der Waals surface area contributed by atoms with E-state index in [2.05, 4.69) is 15.6 Å². The smallest absolute Gasteiger partial charge is 0.274 e. The summed E-state index contributed by atoms with van der Waals surface area (Å²) in [5.41, 5.74) is 2.22. The Bertz CT molecular complexity index is 692. The maximum atomic E-state index is 12.1. The number of nitrogens with zero attached hydrogens (tertiary/aromatic N) is 2. The van der Waals surface area contributed by atoms with Gasteiger partial charge >= 0.3 is 0 Å². The van der Waals surface area contributed by atoms with Crippen LogP contribution in [0.15, 0.2) is 42.6 Å². The maximum absolute atomic E-state index is 12.1. The highest BCUT2D eigenvalue weighted by molar-refractivity contribution is 6.03. The molecular formula is C17H18N4O2. The van der Waals surface area contributed by atoms with E-state index in [9.17, 15) is 4.79 Å². The van der Waals surface area contributed by atoms with Gasteiger partial charge in [-0.3, -0.25) is 4.79 Å². The monoisotopic (exact) mass is 310 g/mol. The number of hydrogen-bond acceptors (Lipinski definition) is 5. The zero-order chi connectivity index (χ0) is 16.5. The predicted octanol–water partition coefficient (Wildman–Crippen LogP) is 2.65. The molecule has 2 rings (SSSR count). The zero-order valence-corrected chi connectivity index (χ0v) is 12.9. The van der Waals surface area contributed by atoms with Gasteiger partial charge in [0, 0.05) is 25.9 Å². The van der Waals surface area contributed by atoms with Gasteiger partial charge in [0.2, 0.25) is 0 Å². The Morgan fingerprint density at radius 1 is 1.30 bits per heavy atom. The van der Waals surface area contributed by atoms with E-state index in [0.717, 1.165) is 18.7 Å². The number of anilines is 2. The standard InChI is InChI=1S/C17H18N4O2/c1-23-9-3-8-19-15-6-7-16(20-12-15)17(22)21-14-5-2-4-13(10-14)11-18/h2,4-7,10,12,19H,3,8-9H2,1H3,(H,21,22). The van der Waals surface area contributed by atoms with Crippen LogP contribution in [0.3, 0.4) is 0 Å². The van der Waals surface area contributed by atoms with Gasteiger partial charge in [-0.2, -0.15) is 5.26 Å². The molecule has 6 nitrogen and oxygen atoms in total. The molecule has 23 heavy (non-hydrogen) atoms. The molecule has 1 aromatic heterocycles. The number of hydrogen-bond donors (Lipinski definition) is 2. The highest BCUT2D eigenvalue weighted by atomic mass is 16.5. The first kappa shape index (κ1) is 16.5. The molecule has 0 saturated heterocycles. The third kappa shape index (κ3) is 5.09. The van der Waals surface area contributed by atoms with E-state index in [1.807, 2.05) is 6.07 Å². The fourth-order valence-corrected chi connectivity index (χ4v) is 1.94. The summed E-state index contributed by atoms with van der Waals surface area (Å²) in [5, 5.41) is 14.8. The second-order valence-corrected chi connectivity index (χ2v) is 4.85. The largest absolute Gasteiger partial charge is 0.385 e. The molecule has 2 aromatic rings. The van der Waals surface area contributed by atoms with Gasteiger partial charge in [0.15, 0.2) is 0 Å². The molecule has 0 aliphatic carbocycles. The van der Waals surface area contributed by atoms with Crippen LogP contribution in [0.2, 0.25) is 0 Å². The second-order valence-electron chi connectivity index (χ2n) is 4.85. The number of carbonyl (C=O) groups excluding carboxylic acids is 1. The average Bonchev–Trinajstić information content (AvgIpc) is 2.59. The van der Waals surface area contributed by atoms with Gasteiger partial charge in [0.05, 0.1) is 23.5 Å². The first-order valence-corrected chi connectivity index (χ1v) is 7.23. The minimum absolute atomic E-state index is 0.314. The van der Waals surface area contributed by atoms with Gasteiger partial charge < -0.3 is 15.4 Å². The van der Waals surface area contributed by atoms with E-state index in [0.29, 0.717) is 23.6 Å². The van der Waals surface area contributed by atoms with E-state index in [-0.39, 0.29) is 5.91 Å². The molecule has 2 N–H and O–H groups in total. The van der Waals surface area contributed by atoms with Crippen LogP contribution in [0.1, 0.15) is 22.5 Å². The third-order valence-electron chi connectivity index (χ3n) is 3.10. The summed E-state index contributed by atoms with van der Waals surface area (Å²) in [5.74, 6) is -0.314. The summed E-state index contributed by atoms with van der Waals surface area (Å²) in [6.45, 7) is 1.48. The molecule has 0 aliphatic heterocycles. The quantitative estimate of drug-likeness (QED) is 0.768. The molecule has 0 spiro atoms. The van der Waals surface area contributed by atoms with E-state index in [4.69, 9.17) is 10.00 Å². The van der Waals surface area contributed by atoms with Crippen LogP contribution in [-0.2, 0) is 4.74 Å². The summed E-state index contributed by atoms with van der Waals surface area (Å²) in [7, 11) is 1.67. The van der Waals surface area contributed by atoms with E-state index < -0.39 is 0 Å². The van der Waals surface area contributed by atoms with Crippen molar-refractivity contribution in [3.63, 3.8) is 0 Å². The Hall–Kier alpha value is -2.91. The van der Waals surface area contributed by atoms with Crippen LogP contribution in [0, 0.1) is 11.3 Å². The van der Waals surface area contributed by atoms with Crippen molar-refractivity contribution in [3.8, 4) is 6.07 Å². The van der Waals surface area contributed by atoms with Crippen LogP contribution in [0.25, 0.3) is 0 Å². The van der Waals surface area contributed by atoms with Crippen molar-refractivity contribution in [1.82, 2.24) is 4.98 Å². The molecule has 0 bridgehead atoms. The summed E-state index contributed by atoms with van der Waals surface area (Å²) in [6.07, 6.45) is 2.52. The Balaban J connectivity index is 1.93. The SMILES string of the molecule is COCCCNc1ccc(C(=O)Nc2cccc(C#N)c2)nc1. The number of benzene rings is 1. The molecule has 118 valence electrons. The first-order valence-electron chi connectivity index (χ1n) is 7.23.